The second-order valence-corrected chi connectivity index (χ2v) is 5.73. The summed E-state index contributed by atoms with van der Waals surface area (Å²) in [4.78, 5) is 17.7. The van der Waals surface area contributed by atoms with Crippen LogP contribution >= 0.6 is 24.0 Å². The van der Waals surface area contributed by atoms with Crippen molar-refractivity contribution >= 4 is 35.8 Å². The molecule has 136 valence electrons. The molecule has 1 rings (SSSR count). The molecule has 0 aromatic heterocycles. The van der Waals surface area contributed by atoms with Gasteiger partial charge in [0.25, 0.3) is 0 Å². The predicted octanol–water partition coefficient (Wildman–Crippen LogP) is 2.02. The molecule has 2 N–H and O–H groups in total. The van der Waals surface area contributed by atoms with Gasteiger partial charge in [-0.2, -0.15) is 0 Å². The van der Waals surface area contributed by atoms with E-state index in [-0.39, 0.29) is 48.5 Å². The van der Waals surface area contributed by atoms with Gasteiger partial charge >= 0.3 is 0 Å². The molecule has 0 bridgehead atoms. The third-order valence-corrected chi connectivity index (χ3v) is 3.32. The zero-order chi connectivity index (χ0) is 17.2. The monoisotopic (exact) mass is 448 g/mol. The number of amides is 1. The number of benzene rings is 1. The normalized spacial score (nSPS) is 13.5. The van der Waals surface area contributed by atoms with Crippen LogP contribution in [0.5, 0.6) is 0 Å². The van der Waals surface area contributed by atoms with E-state index in [9.17, 15) is 4.79 Å². The van der Waals surface area contributed by atoms with Gasteiger partial charge in [0, 0.05) is 27.2 Å². The molecule has 2 atom stereocenters. The zero-order valence-electron chi connectivity index (χ0n) is 15.1. The highest BCUT2D eigenvalue weighted by Gasteiger charge is 2.11. The van der Waals surface area contributed by atoms with Crippen molar-refractivity contribution in [1.29, 1.82) is 0 Å². The fourth-order valence-corrected chi connectivity index (χ4v) is 1.98. The van der Waals surface area contributed by atoms with Gasteiger partial charge in [-0.25, -0.2) is 4.99 Å². The Hall–Kier alpha value is -1.35. The second-order valence-electron chi connectivity index (χ2n) is 5.73. The Kier molecular flexibility index (Phi) is 11.4. The first kappa shape index (κ1) is 22.6. The molecule has 0 heterocycles. The summed E-state index contributed by atoms with van der Waals surface area (Å²) in [5.41, 5.74) is 1.15. The smallest absolute Gasteiger partial charge is 0.243 e. The molecule has 0 aliphatic heterocycles. The largest absolute Gasteiger partial charge is 0.383 e. The van der Waals surface area contributed by atoms with E-state index in [0.29, 0.717) is 12.6 Å². The maximum atomic E-state index is 11.8. The van der Waals surface area contributed by atoms with Gasteiger partial charge in [0.2, 0.25) is 5.91 Å². The van der Waals surface area contributed by atoms with Crippen molar-refractivity contribution in [3.63, 3.8) is 0 Å². The molecule has 0 saturated carbocycles. The standard InChI is InChI=1S/C17H28N4O2.HI/c1-13(12-23-5)19-17(18-11-16(22)21(3)4)20-14(2)15-9-7-6-8-10-15;/h6-10,13-14H,11-12H2,1-5H3,(H2,18,19,20);1H. The summed E-state index contributed by atoms with van der Waals surface area (Å²) in [6.45, 7) is 4.72. The molecular weight excluding hydrogens is 419 g/mol. The van der Waals surface area contributed by atoms with Gasteiger partial charge in [0.05, 0.1) is 12.6 Å². The Morgan fingerprint density at radius 2 is 1.83 bits per heavy atom. The van der Waals surface area contributed by atoms with E-state index < -0.39 is 0 Å². The van der Waals surface area contributed by atoms with E-state index in [4.69, 9.17) is 4.74 Å². The van der Waals surface area contributed by atoms with Gasteiger partial charge in [0.1, 0.15) is 6.54 Å². The van der Waals surface area contributed by atoms with Crippen LogP contribution in [0.25, 0.3) is 0 Å². The van der Waals surface area contributed by atoms with Gasteiger partial charge < -0.3 is 20.3 Å². The number of methoxy groups -OCH3 is 1. The first-order chi connectivity index (χ1) is 10.9. The average molecular weight is 448 g/mol. The third-order valence-electron chi connectivity index (χ3n) is 3.32. The topological polar surface area (TPSA) is 66.0 Å². The van der Waals surface area contributed by atoms with E-state index in [2.05, 4.69) is 34.7 Å². The maximum Gasteiger partial charge on any atom is 0.243 e. The number of carbonyl (C=O) groups excluding carboxylic acids is 1. The minimum absolute atomic E-state index is 0. The van der Waals surface area contributed by atoms with Crippen molar-refractivity contribution < 1.29 is 9.53 Å². The lowest BCUT2D eigenvalue weighted by Crippen LogP contribution is -2.45. The van der Waals surface area contributed by atoms with Crippen LogP contribution in [0.4, 0.5) is 0 Å². The van der Waals surface area contributed by atoms with Gasteiger partial charge in [-0.1, -0.05) is 30.3 Å². The minimum Gasteiger partial charge on any atom is -0.383 e. The van der Waals surface area contributed by atoms with E-state index in [1.807, 2.05) is 25.1 Å². The summed E-state index contributed by atoms with van der Waals surface area (Å²) in [6, 6.07) is 10.3. The number of aliphatic imine (C=N–C) groups is 1. The van der Waals surface area contributed by atoms with E-state index in [1.54, 1.807) is 21.2 Å². The molecule has 0 saturated heterocycles. The fraction of sp³-hybridized carbons (Fsp3) is 0.529. The van der Waals surface area contributed by atoms with Gasteiger partial charge in [-0.15, -0.1) is 24.0 Å². The molecule has 24 heavy (non-hydrogen) atoms. The van der Waals surface area contributed by atoms with Gasteiger partial charge in [-0.3, -0.25) is 4.79 Å². The number of nitrogens with one attached hydrogen (secondary N) is 2. The number of guanidine groups is 1. The number of likely N-dealkylation sites (N-methyl/N-ethyl adjacent to an activating group) is 1. The third kappa shape index (κ3) is 8.49. The molecule has 0 aliphatic rings. The molecule has 1 amide bonds. The van der Waals surface area contributed by atoms with Crippen molar-refractivity contribution in [2.24, 2.45) is 4.99 Å². The zero-order valence-corrected chi connectivity index (χ0v) is 17.4. The van der Waals surface area contributed by atoms with E-state index in [1.165, 1.54) is 4.90 Å². The molecule has 7 heteroatoms. The molecule has 0 fully saturated rings. The number of rotatable bonds is 7. The fourth-order valence-electron chi connectivity index (χ4n) is 1.98. The number of ether oxygens (including phenoxy) is 1. The van der Waals surface area contributed by atoms with Crippen molar-refractivity contribution in [3.05, 3.63) is 35.9 Å². The predicted molar refractivity (Wildman–Crippen MR) is 109 cm³/mol. The van der Waals surface area contributed by atoms with Gasteiger partial charge in [0.15, 0.2) is 5.96 Å². The maximum absolute atomic E-state index is 11.8. The van der Waals surface area contributed by atoms with Gasteiger partial charge in [-0.05, 0) is 19.4 Å². The lowest BCUT2D eigenvalue weighted by molar-refractivity contribution is -0.127. The van der Waals surface area contributed by atoms with E-state index >= 15 is 0 Å². The van der Waals surface area contributed by atoms with Crippen LogP contribution in [0.1, 0.15) is 25.5 Å². The molecule has 0 radical (unpaired) electrons. The summed E-state index contributed by atoms with van der Waals surface area (Å²) in [5.74, 6) is 0.555. The second kappa shape index (κ2) is 12.1. The molecule has 6 nitrogen and oxygen atoms in total. The molecule has 2 unspecified atom stereocenters. The van der Waals surface area contributed by atoms with Crippen molar-refractivity contribution in [3.8, 4) is 0 Å². The lowest BCUT2D eigenvalue weighted by atomic mass is 10.1. The van der Waals surface area contributed by atoms with Crippen LogP contribution < -0.4 is 10.6 Å². The number of nitrogens with zero attached hydrogens (tertiary/aromatic N) is 2. The van der Waals surface area contributed by atoms with Crippen LogP contribution in [0.3, 0.4) is 0 Å². The van der Waals surface area contributed by atoms with Crippen LogP contribution in [0, 0.1) is 0 Å². The summed E-state index contributed by atoms with van der Waals surface area (Å²) < 4.78 is 5.14. The molecule has 0 aliphatic carbocycles. The van der Waals surface area contributed by atoms with Crippen LogP contribution in [-0.2, 0) is 9.53 Å². The van der Waals surface area contributed by atoms with E-state index in [0.717, 1.165) is 5.56 Å². The van der Waals surface area contributed by atoms with Crippen molar-refractivity contribution in [2.45, 2.75) is 25.9 Å². The summed E-state index contributed by atoms with van der Waals surface area (Å²) >= 11 is 0. The number of carbonyl (C=O) groups is 1. The van der Waals surface area contributed by atoms with Crippen LogP contribution in [0.2, 0.25) is 0 Å². The Labute approximate surface area is 162 Å². The Bertz CT molecular complexity index is 509. The Morgan fingerprint density at radius 1 is 1.21 bits per heavy atom. The van der Waals surface area contributed by atoms with Crippen molar-refractivity contribution in [2.75, 3.05) is 34.4 Å². The van der Waals surface area contributed by atoms with Crippen LogP contribution in [0.15, 0.2) is 35.3 Å². The Morgan fingerprint density at radius 3 is 2.38 bits per heavy atom. The number of hydrogen-bond acceptors (Lipinski definition) is 3. The summed E-state index contributed by atoms with van der Waals surface area (Å²) in [6.07, 6.45) is 0. The average Bonchev–Trinajstić information content (AvgIpc) is 2.53. The lowest BCUT2D eigenvalue weighted by Gasteiger charge is -2.22. The van der Waals surface area contributed by atoms with Crippen LogP contribution in [-0.4, -0.2) is 57.2 Å². The highest BCUT2D eigenvalue weighted by atomic mass is 127. The summed E-state index contributed by atoms with van der Waals surface area (Å²) in [7, 11) is 5.10. The highest BCUT2D eigenvalue weighted by Crippen LogP contribution is 2.10. The van der Waals surface area contributed by atoms with Crippen molar-refractivity contribution in [1.82, 2.24) is 15.5 Å². The molecule has 1 aromatic rings. The first-order valence-corrected chi connectivity index (χ1v) is 7.75. The first-order valence-electron chi connectivity index (χ1n) is 7.75. The highest BCUT2D eigenvalue weighted by molar-refractivity contribution is 14.0. The quantitative estimate of drug-likeness (QED) is 0.381. The SMILES string of the molecule is COCC(C)NC(=NCC(=O)N(C)C)NC(C)c1ccccc1.I. The molecule has 1 aromatic carbocycles. The number of hydrogen-bond donors (Lipinski definition) is 2. The minimum atomic E-state index is -0.0436. The molecular formula is C17H29IN4O2. The Balaban J connectivity index is 0.00000529. The number of halogens is 1. The molecule has 0 spiro atoms. The summed E-state index contributed by atoms with van der Waals surface area (Å²) in [5, 5.41) is 6.59.